The van der Waals surface area contributed by atoms with E-state index in [1.165, 1.54) is 4.90 Å². The molecule has 2 rings (SSSR count). The Bertz CT molecular complexity index is 571. The van der Waals surface area contributed by atoms with Gasteiger partial charge in [-0.1, -0.05) is 19.9 Å². The number of nitrogens with zero attached hydrogens (tertiary/aromatic N) is 1. The maximum absolute atomic E-state index is 12.5. The molecule has 2 amide bonds. The van der Waals surface area contributed by atoms with Crippen LogP contribution in [-0.2, 0) is 9.59 Å². The Labute approximate surface area is 131 Å². The number of ether oxygens (including phenoxy) is 1. The summed E-state index contributed by atoms with van der Waals surface area (Å²) in [5.74, 6) is 0.361. The van der Waals surface area contributed by atoms with E-state index in [0.29, 0.717) is 17.9 Å². The Kier molecular flexibility index (Phi) is 5.06. The number of hydrogen-bond donors (Lipinski definition) is 1. The summed E-state index contributed by atoms with van der Waals surface area (Å²) in [5.41, 5.74) is 1.70. The third-order valence-electron chi connectivity index (χ3n) is 3.91. The molecule has 1 aromatic carbocycles. The van der Waals surface area contributed by atoms with Gasteiger partial charge in [-0.15, -0.1) is 0 Å². The van der Waals surface area contributed by atoms with Crippen LogP contribution >= 0.6 is 0 Å². The highest BCUT2D eigenvalue weighted by Gasteiger charge is 2.34. The van der Waals surface area contributed by atoms with Crippen molar-refractivity contribution in [3.8, 4) is 5.75 Å². The largest absolute Gasteiger partial charge is 0.478 e. The third-order valence-corrected chi connectivity index (χ3v) is 3.91. The first-order valence-electron chi connectivity index (χ1n) is 7.84. The van der Waals surface area contributed by atoms with E-state index in [-0.39, 0.29) is 24.4 Å². The number of aryl methyl sites for hydroxylation is 1. The first-order valence-corrected chi connectivity index (χ1v) is 7.84. The van der Waals surface area contributed by atoms with E-state index in [0.717, 1.165) is 12.0 Å². The van der Waals surface area contributed by atoms with Crippen molar-refractivity contribution >= 4 is 17.5 Å². The van der Waals surface area contributed by atoms with E-state index < -0.39 is 6.10 Å². The Morgan fingerprint density at radius 1 is 1.41 bits per heavy atom. The molecular weight excluding hydrogens is 280 g/mol. The summed E-state index contributed by atoms with van der Waals surface area (Å²) in [4.78, 5) is 26.3. The third kappa shape index (κ3) is 3.40. The van der Waals surface area contributed by atoms with Crippen LogP contribution < -0.4 is 15.0 Å². The molecule has 1 N–H and O–H groups in total. The molecule has 0 unspecified atom stereocenters. The molecule has 0 radical (unpaired) electrons. The van der Waals surface area contributed by atoms with Crippen molar-refractivity contribution in [2.45, 2.75) is 52.7 Å². The van der Waals surface area contributed by atoms with Crippen molar-refractivity contribution in [1.29, 1.82) is 0 Å². The second-order valence-corrected chi connectivity index (χ2v) is 5.79. The van der Waals surface area contributed by atoms with Crippen molar-refractivity contribution in [2.24, 2.45) is 0 Å². The summed E-state index contributed by atoms with van der Waals surface area (Å²) in [6.45, 7) is 7.84. The molecule has 2 atom stereocenters. The van der Waals surface area contributed by atoms with Crippen molar-refractivity contribution in [3.05, 3.63) is 23.8 Å². The van der Waals surface area contributed by atoms with Gasteiger partial charge in [0.25, 0.3) is 5.91 Å². The molecule has 120 valence electrons. The van der Waals surface area contributed by atoms with Crippen molar-refractivity contribution in [1.82, 2.24) is 5.32 Å². The van der Waals surface area contributed by atoms with Crippen LogP contribution in [0.4, 0.5) is 5.69 Å². The molecule has 0 spiro atoms. The van der Waals surface area contributed by atoms with Gasteiger partial charge in [0.05, 0.1) is 5.69 Å². The Morgan fingerprint density at radius 3 is 2.77 bits per heavy atom. The standard InChI is InChI=1S/C17H24N2O3/c1-5-12(4)18-16(20)10-19-13-9-11(3)7-8-15(13)22-14(6-2)17(19)21/h7-9,12,14H,5-6,10H2,1-4H3,(H,18,20)/t12-,14-/m0/s1. The van der Waals surface area contributed by atoms with Gasteiger partial charge in [0.15, 0.2) is 6.10 Å². The van der Waals surface area contributed by atoms with Crippen LogP contribution in [0.3, 0.4) is 0 Å². The van der Waals surface area contributed by atoms with E-state index in [1.807, 2.05) is 45.9 Å². The number of carbonyl (C=O) groups excluding carboxylic acids is 2. The first kappa shape index (κ1) is 16.3. The summed E-state index contributed by atoms with van der Waals surface area (Å²) in [5, 5.41) is 2.90. The van der Waals surface area contributed by atoms with Crippen LogP contribution in [-0.4, -0.2) is 30.5 Å². The van der Waals surface area contributed by atoms with Crippen LogP contribution in [0.15, 0.2) is 18.2 Å². The number of hydrogen-bond acceptors (Lipinski definition) is 3. The SMILES string of the molecule is CC[C@@H]1Oc2ccc(C)cc2N(CC(=O)N[C@@H](C)CC)C1=O. The molecule has 0 saturated heterocycles. The van der Waals surface area contributed by atoms with E-state index in [2.05, 4.69) is 5.32 Å². The van der Waals surface area contributed by atoms with Crippen LogP contribution in [0, 0.1) is 6.92 Å². The average Bonchev–Trinajstić information content (AvgIpc) is 2.50. The molecule has 5 nitrogen and oxygen atoms in total. The highest BCUT2D eigenvalue weighted by atomic mass is 16.5. The highest BCUT2D eigenvalue weighted by molar-refractivity contribution is 6.03. The molecule has 22 heavy (non-hydrogen) atoms. The lowest BCUT2D eigenvalue weighted by Crippen LogP contribution is -2.50. The molecule has 5 heteroatoms. The summed E-state index contributed by atoms with van der Waals surface area (Å²) in [7, 11) is 0. The van der Waals surface area contributed by atoms with Gasteiger partial charge in [0.1, 0.15) is 12.3 Å². The molecule has 1 aliphatic heterocycles. The second kappa shape index (κ2) is 6.81. The summed E-state index contributed by atoms with van der Waals surface area (Å²) >= 11 is 0. The molecule has 0 bridgehead atoms. The number of carbonyl (C=O) groups is 2. The van der Waals surface area contributed by atoms with Gasteiger partial charge in [0.2, 0.25) is 5.91 Å². The van der Waals surface area contributed by atoms with Crippen LogP contribution in [0.1, 0.15) is 39.2 Å². The summed E-state index contributed by atoms with van der Waals surface area (Å²) in [6, 6.07) is 5.79. The van der Waals surface area contributed by atoms with Gasteiger partial charge in [0, 0.05) is 6.04 Å². The fourth-order valence-corrected chi connectivity index (χ4v) is 2.42. The Balaban J connectivity index is 2.26. The van der Waals surface area contributed by atoms with Crippen molar-refractivity contribution in [3.63, 3.8) is 0 Å². The molecule has 1 heterocycles. The van der Waals surface area contributed by atoms with E-state index >= 15 is 0 Å². The Morgan fingerprint density at radius 2 is 2.14 bits per heavy atom. The maximum Gasteiger partial charge on any atom is 0.268 e. The fourth-order valence-electron chi connectivity index (χ4n) is 2.42. The van der Waals surface area contributed by atoms with Crippen molar-refractivity contribution < 1.29 is 14.3 Å². The second-order valence-electron chi connectivity index (χ2n) is 5.79. The molecule has 0 saturated carbocycles. The molecule has 1 aromatic rings. The number of nitrogens with one attached hydrogen (secondary N) is 1. The van der Waals surface area contributed by atoms with Gasteiger partial charge < -0.3 is 10.1 Å². The molecule has 0 fully saturated rings. The van der Waals surface area contributed by atoms with Gasteiger partial charge in [-0.25, -0.2) is 0 Å². The van der Waals surface area contributed by atoms with Crippen LogP contribution in [0.5, 0.6) is 5.75 Å². The zero-order valence-electron chi connectivity index (χ0n) is 13.7. The first-order chi connectivity index (χ1) is 10.5. The van der Waals surface area contributed by atoms with E-state index in [9.17, 15) is 9.59 Å². The number of benzene rings is 1. The van der Waals surface area contributed by atoms with E-state index in [1.54, 1.807) is 0 Å². The lowest BCUT2D eigenvalue weighted by Gasteiger charge is -2.34. The van der Waals surface area contributed by atoms with Gasteiger partial charge in [-0.05, 0) is 44.4 Å². The van der Waals surface area contributed by atoms with Crippen LogP contribution in [0.2, 0.25) is 0 Å². The smallest absolute Gasteiger partial charge is 0.268 e. The minimum atomic E-state index is -0.522. The molecule has 0 aliphatic carbocycles. The average molecular weight is 304 g/mol. The monoisotopic (exact) mass is 304 g/mol. The fraction of sp³-hybridized carbons (Fsp3) is 0.529. The maximum atomic E-state index is 12.5. The number of anilines is 1. The van der Waals surface area contributed by atoms with Crippen molar-refractivity contribution in [2.75, 3.05) is 11.4 Å². The molecule has 1 aliphatic rings. The quantitative estimate of drug-likeness (QED) is 0.909. The minimum absolute atomic E-state index is 0.0273. The number of amides is 2. The number of fused-ring (bicyclic) bond motifs is 1. The van der Waals surface area contributed by atoms with Gasteiger partial charge in [-0.3, -0.25) is 14.5 Å². The normalized spacial score (nSPS) is 18.5. The zero-order valence-corrected chi connectivity index (χ0v) is 13.7. The predicted molar refractivity (Wildman–Crippen MR) is 86.1 cm³/mol. The topological polar surface area (TPSA) is 58.6 Å². The lowest BCUT2D eigenvalue weighted by molar-refractivity contribution is -0.129. The Hall–Kier alpha value is -2.04. The van der Waals surface area contributed by atoms with Gasteiger partial charge in [-0.2, -0.15) is 0 Å². The lowest BCUT2D eigenvalue weighted by atomic mass is 10.1. The van der Waals surface area contributed by atoms with Gasteiger partial charge >= 0.3 is 0 Å². The minimum Gasteiger partial charge on any atom is -0.478 e. The van der Waals surface area contributed by atoms with Crippen LogP contribution in [0.25, 0.3) is 0 Å². The molecular formula is C17H24N2O3. The number of rotatable bonds is 5. The van der Waals surface area contributed by atoms with E-state index in [4.69, 9.17) is 4.74 Å². The zero-order chi connectivity index (χ0) is 16.3. The summed E-state index contributed by atoms with van der Waals surface area (Å²) in [6.07, 6.45) is 0.915. The highest BCUT2D eigenvalue weighted by Crippen LogP contribution is 2.35. The predicted octanol–water partition coefficient (Wildman–Crippen LogP) is 2.41. The summed E-state index contributed by atoms with van der Waals surface area (Å²) < 4.78 is 5.74. The molecule has 0 aromatic heterocycles.